The smallest absolute Gasteiger partial charge is 0.277 e. The van der Waals surface area contributed by atoms with Crippen molar-refractivity contribution in [1.29, 1.82) is 0 Å². The van der Waals surface area contributed by atoms with Crippen LogP contribution < -0.4 is 10.6 Å². The Morgan fingerprint density at radius 3 is 2.17 bits per heavy atom. The van der Waals surface area contributed by atoms with Gasteiger partial charge in [-0.15, -0.1) is 0 Å². The molecule has 1 heterocycles. The van der Waals surface area contributed by atoms with Gasteiger partial charge in [-0.05, 0) is 18.6 Å². The van der Waals surface area contributed by atoms with Crippen LogP contribution in [0.4, 0.5) is 4.79 Å². The van der Waals surface area contributed by atoms with E-state index in [9.17, 15) is 14.4 Å². The zero-order chi connectivity index (χ0) is 13.8. The van der Waals surface area contributed by atoms with Crippen LogP contribution in [0.1, 0.15) is 40.0 Å². The van der Waals surface area contributed by atoms with E-state index >= 15 is 0 Å². The summed E-state index contributed by atoms with van der Waals surface area (Å²) in [6.45, 7) is 5.77. The van der Waals surface area contributed by atoms with Crippen molar-refractivity contribution in [3.05, 3.63) is 0 Å². The van der Waals surface area contributed by atoms with E-state index in [4.69, 9.17) is 0 Å². The molecule has 1 aliphatic heterocycles. The summed E-state index contributed by atoms with van der Waals surface area (Å²) in [5, 5.41) is 4.25. The van der Waals surface area contributed by atoms with E-state index < -0.39 is 23.3 Å². The highest BCUT2D eigenvalue weighted by atomic mass is 32.2. The van der Waals surface area contributed by atoms with E-state index in [0.717, 1.165) is 18.6 Å². The van der Waals surface area contributed by atoms with Crippen LogP contribution in [0.3, 0.4) is 0 Å². The first kappa shape index (κ1) is 15.0. The third kappa shape index (κ3) is 2.68. The Bertz CT molecular complexity index is 337. The fourth-order valence-corrected chi connectivity index (χ4v) is 3.56. The molecule has 5 nitrogen and oxygen atoms in total. The Kier molecular flexibility index (Phi) is 5.19. The molecule has 102 valence electrons. The lowest BCUT2D eigenvalue weighted by Gasteiger charge is -2.37. The molecule has 1 rings (SSSR count). The summed E-state index contributed by atoms with van der Waals surface area (Å²) in [6.07, 6.45) is 2.52. The molecule has 1 atom stereocenters. The molecule has 6 heteroatoms. The van der Waals surface area contributed by atoms with E-state index in [-0.39, 0.29) is 5.25 Å². The van der Waals surface area contributed by atoms with Crippen molar-refractivity contribution in [3.63, 3.8) is 0 Å². The molecule has 0 aromatic heterocycles. The van der Waals surface area contributed by atoms with Crippen molar-refractivity contribution in [2.24, 2.45) is 5.41 Å². The third-order valence-corrected chi connectivity index (χ3v) is 4.81. The van der Waals surface area contributed by atoms with Gasteiger partial charge in [0.15, 0.2) is 0 Å². The van der Waals surface area contributed by atoms with Crippen molar-refractivity contribution >= 4 is 29.6 Å². The fourth-order valence-electron chi connectivity index (χ4n) is 2.09. The molecule has 2 N–H and O–H groups in total. The lowest BCUT2D eigenvalue weighted by Crippen LogP contribution is -2.65. The molecular formula is C12H20N2O3S. The van der Waals surface area contributed by atoms with Crippen LogP contribution in [0.25, 0.3) is 0 Å². The van der Waals surface area contributed by atoms with E-state index in [1.165, 1.54) is 0 Å². The summed E-state index contributed by atoms with van der Waals surface area (Å²) in [5.41, 5.74) is -1.13. The molecule has 4 amide bonds. The number of amides is 4. The zero-order valence-corrected chi connectivity index (χ0v) is 11.9. The maximum absolute atomic E-state index is 12.0. The van der Waals surface area contributed by atoms with Crippen molar-refractivity contribution in [1.82, 2.24) is 10.6 Å². The van der Waals surface area contributed by atoms with Gasteiger partial charge in [-0.25, -0.2) is 4.79 Å². The van der Waals surface area contributed by atoms with Crippen molar-refractivity contribution < 1.29 is 14.4 Å². The lowest BCUT2D eigenvalue weighted by atomic mass is 9.79. The molecule has 0 radical (unpaired) electrons. The second-order valence-electron chi connectivity index (χ2n) is 4.43. The highest BCUT2D eigenvalue weighted by Crippen LogP contribution is 2.37. The number of barbiturate groups is 1. The molecule has 0 spiro atoms. The molecule has 1 aliphatic rings. The van der Waals surface area contributed by atoms with Gasteiger partial charge in [0.1, 0.15) is 5.41 Å². The van der Waals surface area contributed by atoms with Crippen molar-refractivity contribution in [2.45, 2.75) is 45.3 Å². The number of urea groups is 1. The first-order chi connectivity index (χ1) is 8.48. The standard InChI is InChI=1S/C12H20N2O3S/c1-4-6-7-18-8(3)12(5-2)9(15)13-11(17)14-10(12)16/h8H,4-7H2,1-3H3,(H2,13,14,15,16,17). The monoisotopic (exact) mass is 272 g/mol. The van der Waals surface area contributed by atoms with Crippen LogP contribution in [-0.2, 0) is 9.59 Å². The molecule has 0 saturated carbocycles. The van der Waals surface area contributed by atoms with Gasteiger partial charge in [0.2, 0.25) is 11.8 Å². The summed E-state index contributed by atoms with van der Waals surface area (Å²) in [7, 11) is 0. The maximum Gasteiger partial charge on any atom is 0.328 e. The minimum absolute atomic E-state index is 0.151. The van der Waals surface area contributed by atoms with Crippen molar-refractivity contribution in [2.75, 3.05) is 5.75 Å². The highest BCUT2D eigenvalue weighted by molar-refractivity contribution is 7.99. The molecule has 18 heavy (non-hydrogen) atoms. The molecule has 1 fully saturated rings. The zero-order valence-electron chi connectivity index (χ0n) is 11.0. The van der Waals surface area contributed by atoms with E-state index in [2.05, 4.69) is 17.6 Å². The number of nitrogens with one attached hydrogen (secondary N) is 2. The molecule has 0 aromatic rings. The Morgan fingerprint density at radius 1 is 1.17 bits per heavy atom. The maximum atomic E-state index is 12.0. The summed E-state index contributed by atoms with van der Waals surface area (Å²) >= 11 is 1.61. The van der Waals surface area contributed by atoms with Gasteiger partial charge in [0.05, 0.1) is 0 Å². The molecule has 0 aromatic carbocycles. The largest absolute Gasteiger partial charge is 0.328 e. The number of rotatable bonds is 6. The molecule has 1 saturated heterocycles. The van der Waals surface area contributed by atoms with E-state index in [0.29, 0.717) is 6.42 Å². The van der Waals surface area contributed by atoms with Gasteiger partial charge in [-0.3, -0.25) is 20.2 Å². The minimum atomic E-state index is -1.13. The predicted octanol–water partition coefficient (Wildman–Crippen LogP) is 1.67. The first-order valence-electron chi connectivity index (χ1n) is 6.27. The Hall–Kier alpha value is -1.04. The van der Waals surface area contributed by atoms with Crippen LogP contribution in [0.15, 0.2) is 0 Å². The van der Waals surface area contributed by atoms with Crippen LogP contribution in [0, 0.1) is 5.41 Å². The number of unbranched alkanes of at least 4 members (excludes halogenated alkanes) is 1. The molecule has 0 aliphatic carbocycles. The van der Waals surface area contributed by atoms with Gasteiger partial charge >= 0.3 is 6.03 Å². The first-order valence-corrected chi connectivity index (χ1v) is 7.32. The summed E-state index contributed by atoms with van der Waals surface area (Å²) < 4.78 is 0. The normalized spacial score (nSPS) is 20.3. The van der Waals surface area contributed by atoms with Gasteiger partial charge in [-0.2, -0.15) is 11.8 Å². The van der Waals surface area contributed by atoms with Crippen LogP contribution in [-0.4, -0.2) is 28.8 Å². The van der Waals surface area contributed by atoms with E-state index in [1.807, 2.05) is 6.92 Å². The molecular weight excluding hydrogens is 252 g/mol. The second-order valence-corrected chi connectivity index (χ2v) is 5.88. The Balaban J connectivity index is 2.85. The van der Waals surface area contributed by atoms with Crippen LogP contribution in [0.5, 0.6) is 0 Å². The van der Waals surface area contributed by atoms with Crippen LogP contribution in [0.2, 0.25) is 0 Å². The molecule has 1 unspecified atom stereocenters. The second kappa shape index (κ2) is 6.22. The van der Waals surface area contributed by atoms with E-state index in [1.54, 1.807) is 18.7 Å². The summed E-state index contributed by atoms with van der Waals surface area (Å²) in [5.74, 6) is -0.0426. The van der Waals surface area contributed by atoms with Gasteiger partial charge < -0.3 is 0 Å². The highest BCUT2D eigenvalue weighted by Gasteiger charge is 2.52. The SMILES string of the molecule is CCCCSC(C)C1(CC)C(=O)NC(=O)NC1=O. The number of carbonyl (C=O) groups is 3. The average Bonchev–Trinajstić information content (AvgIpc) is 2.29. The fraction of sp³-hybridized carbons (Fsp3) is 0.750. The van der Waals surface area contributed by atoms with Gasteiger partial charge in [-0.1, -0.05) is 27.2 Å². The summed E-state index contributed by atoms with van der Waals surface area (Å²) in [6, 6.07) is -0.722. The van der Waals surface area contributed by atoms with Gasteiger partial charge in [0.25, 0.3) is 0 Å². The average molecular weight is 272 g/mol. The molecule has 0 bridgehead atoms. The lowest BCUT2D eigenvalue weighted by molar-refractivity contribution is -0.144. The quantitative estimate of drug-likeness (QED) is 0.569. The minimum Gasteiger partial charge on any atom is -0.277 e. The van der Waals surface area contributed by atoms with Crippen LogP contribution >= 0.6 is 11.8 Å². The Labute approximate surface area is 111 Å². The predicted molar refractivity (Wildman–Crippen MR) is 71.2 cm³/mol. The Morgan fingerprint density at radius 2 is 1.72 bits per heavy atom. The summed E-state index contributed by atoms with van der Waals surface area (Å²) in [4.78, 5) is 35.2. The third-order valence-electron chi connectivity index (χ3n) is 3.38. The topological polar surface area (TPSA) is 75.3 Å². The van der Waals surface area contributed by atoms with Crippen molar-refractivity contribution in [3.8, 4) is 0 Å². The number of hydrogen-bond acceptors (Lipinski definition) is 4. The van der Waals surface area contributed by atoms with Gasteiger partial charge in [0, 0.05) is 5.25 Å². The number of thioether (sulfide) groups is 1. The number of imide groups is 2. The number of carbonyl (C=O) groups excluding carboxylic acids is 3. The number of hydrogen-bond donors (Lipinski definition) is 2.